The first kappa shape index (κ1) is 30.6. The van der Waals surface area contributed by atoms with Crippen molar-refractivity contribution in [1.29, 1.82) is 0 Å². The SMILES string of the molecule is CCC=CCC=CCC=CCC=CCC=CCC=CCCC(=O)N1CCN(C(=O)C=CC(=O)O)CC1. The Labute approximate surface area is 216 Å². The minimum atomic E-state index is -1.15. The van der Waals surface area contributed by atoms with Gasteiger partial charge in [-0.1, -0.05) is 79.8 Å². The summed E-state index contributed by atoms with van der Waals surface area (Å²) in [5.41, 5.74) is 0. The molecular weight excluding hydrogens is 452 g/mol. The number of carboxylic acids is 1. The monoisotopic (exact) mass is 494 g/mol. The molecule has 0 radical (unpaired) electrons. The summed E-state index contributed by atoms with van der Waals surface area (Å²) in [5, 5.41) is 8.60. The molecule has 1 saturated heterocycles. The molecular formula is C30H42N2O4. The maximum absolute atomic E-state index is 12.3. The van der Waals surface area contributed by atoms with E-state index in [9.17, 15) is 14.4 Å². The first-order valence-electron chi connectivity index (χ1n) is 12.9. The third kappa shape index (κ3) is 16.3. The topological polar surface area (TPSA) is 77.9 Å². The molecule has 1 rings (SSSR count). The lowest BCUT2D eigenvalue weighted by Crippen LogP contribution is -2.50. The molecule has 1 heterocycles. The highest BCUT2D eigenvalue weighted by molar-refractivity contribution is 5.94. The zero-order chi connectivity index (χ0) is 26.3. The molecule has 0 spiro atoms. The summed E-state index contributed by atoms with van der Waals surface area (Å²) in [7, 11) is 0. The van der Waals surface area contributed by atoms with E-state index in [0.717, 1.165) is 50.7 Å². The maximum Gasteiger partial charge on any atom is 0.328 e. The minimum Gasteiger partial charge on any atom is -0.478 e. The molecule has 0 aromatic rings. The van der Waals surface area contributed by atoms with Crippen molar-refractivity contribution in [3.8, 4) is 0 Å². The Morgan fingerprint density at radius 1 is 0.611 bits per heavy atom. The van der Waals surface area contributed by atoms with Crippen molar-refractivity contribution in [1.82, 2.24) is 9.80 Å². The van der Waals surface area contributed by atoms with Crippen molar-refractivity contribution in [3.63, 3.8) is 0 Å². The molecule has 0 aromatic heterocycles. The first-order chi connectivity index (χ1) is 17.5. The van der Waals surface area contributed by atoms with Crippen molar-refractivity contribution in [2.45, 2.75) is 58.3 Å². The zero-order valence-electron chi connectivity index (χ0n) is 21.6. The Morgan fingerprint density at radius 2 is 1.03 bits per heavy atom. The number of carbonyl (C=O) groups excluding carboxylic acids is 2. The highest BCUT2D eigenvalue weighted by atomic mass is 16.4. The molecule has 0 aliphatic carbocycles. The number of aliphatic carboxylic acids is 1. The second-order valence-corrected chi connectivity index (χ2v) is 8.33. The quantitative estimate of drug-likeness (QED) is 0.218. The van der Waals surface area contributed by atoms with Gasteiger partial charge in [-0.05, 0) is 44.9 Å². The molecule has 6 heteroatoms. The van der Waals surface area contributed by atoms with Crippen LogP contribution in [0.5, 0.6) is 0 Å². The van der Waals surface area contributed by atoms with E-state index < -0.39 is 5.97 Å². The summed E-state index contributed by atoms with van der Waals surface area (Å²) in [6, 6.07) is 0. The minimum absolute atomic E-state index is 0.0858. The molecule has 1 fully saturated rings. The summed E-state index contributed by atoms with van der Waals surface area (Å²) >= 11 is 0. The van der Waals surface area contributed by atoms with Crippen LogP contribution >= 0.6 is 0 Å². The van der Waals surface area contributed by atoms with E-state index in [0.29, 0.717) is 39.0 Å². The van der Waals surface area contributed by atoms with Gasteiger partial charge < -0.3 is 14.9 Å². The van der Waals surface area contributed by atoms with Gasteiger partial charge in [-0.2, -0.15) is 0 Å². The number of hydrogen-bond donors (Lipinski definition) is 1. The third-order valence-corrected chi connectivity index (χ3v) is 5.43. The summed E-state index contributed by atoms with van der Waals surface area (Å²) in [6.45, 7) is 3.96. The molecule has 0 aromatic carbocycles. The molecule has 2 amide bonds. The van der Waals surface area contributed by atoms with Crippen molar-refractivity contribution in [2.24, 2.45) is 0 Å². The normalized spacial score (nSPS) is 15.4. The molecule has 0 atom stereocenters. The molecule has 0 unspecified atom stereocenters. The average Bonchev–Trinajstić information content (AvgIpc) is 2.88. The van der Waals surface area contributed by atoms with E-state index >= 15 is 0 Å². The van der Waals surface area contributed by atoms with Crippen molar-refractivity contribution >= 4 is 17.8 Å². The fourth-order valence-electron chi connectivity index (χ4n) is 3.43. The number of carboxylic acid groups (broad SMARTS) is 1. The highest BCUT2D eigenvalue weighted by Gasteiger charge is 2.22. The van der Waals surface area contributed by atoms with E-state index in [1.165, 1.54) is 0 Å². The summed E-state index contributed by atoms with van der Waals surface area (Å²) in [6.07, 6.45) is 34.8. The van der Waals surface area contributed by atoms with Crippen molar-refractivity contribution in [2.75, 3.05) is 26.2 Å². The molecule has 36 heavy (non-hydrogen) atoms. The van der Waals surface area contributed by atoms with Crippen LogP contribution in [-0.2, 0) is 14.4 Å². The Balaban J connectivity index is 2.07. The maximum atomic E-state index is 12.3. The number of nitrogens with zero attached hydrogens (tertiary/aromatic N) is 2. The fourth-order valence-corrected chi connectivity index (χ4v) is 3.43. The van der Waals surface area contributed by atoms with E-state index in [2.05, 4.69) is 73.8 Å². The largest absolute Gasteiger partial charge is 0.478 e. The van der Waals surface area contributed by atoms with Gasteiger partial charge in [0.2, 0.25) is 11.8 Å². The Bertz CT molecular complexity index is 854. The molecule has 0 bridgehead atoms. The van der Waals surface area contributed by atoms with Gasteiger partial charge in [0.05, 0.1) is 0 Å². The van der Waals surface area contributed by atoms with Gasteiger partial charge in [0.15, 0.2) is 0 Å². The summed E-state index contributed by atoms with van der Waals surface area (Å²) in [4.78, 5) is 38.1. The van der Waals surface area contributed by atoms with Gasteiger partial charge in [-0.3, -0.25) is 9.59 Å². The number of hydrogen-bond acceptors (Lipinski definition) is 3. The Hall–Kier alpha value is -3.41. The predicted molar refractivity (Wildman–Crippen MR) is 147 cm³/mol. The van der Waals surface area contributed by atoms with Crippen LogP contribution in [-0.4, -0.2) is 58.9 Å². The number of allylic oxidation sites excluding steroid dienone is 12. The second kappa shape index (κ2) is 20.9. The lowest BCUT2D eigenvalue weighted by atomic mass is 10.2. The summed E-state index contributed by atoms with van der Waals surface area (Å²) in [5.74, 6) is -1.39. The van der Waals surface area contributed by atoms with E-state index in [1.807, 2.05) is 6.08 Å². The van der Waals surface area contributed by atoms with E-state index in [1.54, 1.807) is 9.80 Å². The Kier molecular flexibility index (Phi) is 17.8. The van der Waals surface area contributed by atoms with Crippen LogP contribution in [0.25, 0.3) is 0 Å². The highest BCUT2D eigenvalue weighted by Crippen LogP contribution is 2.07. The van der Waals surface area contributed by atoms with Crippen molar-refractivity contribution in [3.05, 3.63) is 85.1 Å². The predicted octanol–water partition coefficient (Wildman–Crippen LogP) is 5.78. The van der Waals surface area contributed by atoms with Gasteiger partial charge in [0.25, 0.3) is 0 Å². The molecule has 1 aliphatic rings. The molecule has 196 valence electrons. The lowest BCUT2D eigenvalue weighted by molar-refractivity contribution is -0.137. The van der Waals surface area contributed by atoms with Crippen molar-refractivity contribution < 1.29 is 19.5 Å². The molecule has 1 aliphatic heterocycles. The van der Waals surface area contributed by atoms with Gasteiger partial charge in [-0.15, -0.1) is 0 Å². The van der Waals surface area contributed by atoms with Crippen LogP contribution < -0.4 is 0 Å². The van der Waals surface area contributed by atoms with Crippen LogP contribution in [0.1, 0.15) is 58.3 Å². The zero-order valence-corrected chi connectivity index (χ0v) is 21.6. The number of rotatable bonds is 16. The molecule has 0 saturated carbocycles. The molecule has 1 N–H and O–H groups in total. The summed E-state index contributed by atoms with van der Waals surface area (Å²) < 4.78 is 0. The first-order valence-corrected chi connectivity index (χ1v) is 12.9. The van der Waals surface area contributed by atoms with E-state index in [-0.39, 0.29) is 11.8 Å². The smallest absolute Gasteiger partial charge is 0.328 e. The Morgan fingerprint density at radius 3 is 1.47 bits per heavy atom. The van der Waals surface area contributed by atoms with Gasteiger partial charge in [-0.25, -0.2) is 4.79 Å². The van der Waals surface area contributed by atoms with Gasteiger partial charge >= 0.3 is 5.97 Å². The number of amides is 2. The third-order valence-electron chi connectivity index (χ3n) is 5.43. The van der Waals surface area contributed by atoms with Crippen LogP contribution in [0, 0.1) is 0 Å². The average molecular weight is 495 g/mol. The van der Waals surface area contributed by atoms with Gasteiger partial charge in [0, 0.05) is 44.8 Å². The second-order valence-electron chi connectivity index (χ2n) is 8.33. The standard InChI is InChI=1S/C30H42N2O4/c1-2-3-4-5-6-7-8-9-10-11-12-13-14-15-16-17-18-19-20-21-28(33)31-24-26-32(27-25-31)29(34)22-23-30(35)36/h3-4,6-7,9-10,12-13,15-16,18-19,22-23H,2,5,8,11,14,17,20-21,24-27H2,1H3,(H,35,36). The lowest BCUT2D eigenvalue weighted by Gasteiger charge is -2.34. The molecule has 6 nitrogen and oxygen atoms in total. The number of piperazine rings is 1. The van der Waals surface area contributed by atoms with E-state index in [4.69, 9.17) is 5.11 Å². The van der Waals surface area contributed by atoms with Crippen LogP contribution in [0.3, 0.4) is 0 Å². The number of carbonyl (C=O) groups is 3. The van der Waals surface area contributed by atoms with Crippen LogP contribution in [0.15, 0.2) is 85.1 Å². The van der Waals surface area contributed by atoms with Gasteiger partial charge in [0.1, 0.15) is 0 Å². The van der Waals surface area contributed by atoms with Crippen LogP contribution in [0.2, 0.25) is 0 Å². The fraction of sp³-hybridized carbons (Fsp3) is 0.433. The van der Waals surface area contributed by atoms with Crippen LogP contribution in [0.4, 0.5) is 0 Å².